The third-order valence-corrected chi connectivity index (χ3v) is 9.58. The van der Waals surface area contributed by atoms with Gasteiger partial charge in [0.25, 0.3) is 0 Å². The number of carbonyl (C=O) groups excluding carboxylic acids is 3. The molecule has 1 spiro atoms. The number of fused-ring (bicyclic) bond motifs is 2. The number of aliphatic hydroxyl groups excluding tert-OH is 1. The predicted molar refractivity (Wildman–Crippen MR) is 151 cm³/mol. The number of carbonyl (C=O) groups is 3. The van der Waals surface area contributed by atoms with Crippen molar-refractivity contribution in [1.82, 2.24) is 9.80 Å². The fraction of sp³-hybridized carbons (Fsp3) is 0.594. The van der Waals surface area contributed by atoms with Gasteiger partial charge in [0.1, 0.15) is 11.6 Å². The Balaban J connectivity index is 1.36. The highest BCUT2D eigenvalue weighted by atomic mass is 16.5. The summed E-state index contributed by atoms with van der Waals surface area (Å²) in [4.78, 5) is 48.5. The number of hydrogen-bond donors (Lipinski definition) is 1. The van der Waals surface area contributed by atoms with E-state index in [1.807, 2.05) is 59.5 Å². The van der Waals surface area contributed by atoms with Gasteiger partial charge in [-0.25, -0.2) is 0 Å². The van der Waals surface area contributed by atoms with Crippen molar-refractivity contribution < 1.29 is 24.2 Å². The number of benzene rings is 1. The van der Waals surface area contributed by atoms with Crippen LogP contribution < -0.4 is 4.90 Å². The van der Waals surface area contributed by atoms with Crippen LogP contribution in [0.5, 0.6) is 0 Å². The van der Waals surface area contributed by atoms with Crippen molar-refractivity contribution >= 4 is 23.4 Å². The Hall–Kier alpha value is -2.97. The number of para-hydroxylation sites is 1. The number of anilines is 1. The highest BCUT2D eigenvalue weighted by Gasteiger charge is 2.71. The lowest BCUT2D eigenvalue weighted by Crippen LogP contribution is -2.57. The van der Waals surface area contributed by atoms with E-state index in [1.165, 1.54) is 6.42 Å². The van der Waals surface area contributed by atoms with Crippen molar-refractivity contribution in [1.29, 1.82) is 0 Å². The quantitative estimate of drug-likeness (QED) is 0.398. The molecule has 1 aromatic rings. The molecule has 1 aromatic carbocycles. The van der Waals surface area contributed by atoms with Crippen molar-refractivity contribution in [3.63, 3.8) is 0 Å². The average Bonchev–Trinajstić information content (AvgIpc) is 3.28. The van der Waals surface area contributed by atoms with Crippen LogP contribution in [0.3, 0.4) is 0 Å². The Morgan fingerprint density at radius 1 is 0.875 bits per heavy atom. The number of ether oxygens (including phenoxy) is 1. The highest BCUT2D eigenvalue weighted by molar-refractivity contribution is 6.03. The van der Waals surface area contributed by atoms with E-state index in [-0.39, 0.29) is 30.4 Å². The van der Waals surface area contributed by atoms with Crippen LogP contribution in [-0.4, -0.2) is 82.7 Å². The van der Waals surface area contributed by atoms with Crippen molar-refractivity contribution in [3.05, 3.63) is 54.6 Å². The van der Waals surface area contributed by atoms with Crippen LogP contribution >= 0.6 is 0 Å². The summed E-state index contributed by atoms with van der Waals surface area (Å²) in [5.74, 6) is -1.79. The zero-order chi connectivity index (χ0) is 27.7. The van der Waals surface area contributed by atoms with Crippen LogP contribution in [0.15, 0.2) is 54.6 Å². The van der Waals surface area contributed by atoms with Gasteiger partial charge in [-0.1, -0.05) is 74.6 Å². The zero-order valence-electron chi connectivity index (χ0n) is 23.2. The van der Waals surface area contributed by atoms with Crippen molar-refractivity contribution in [2.75, 3.05) is 31.1 Å². The molecule has 40 heavy (non-hydrogen) atoms. The number of amides is 3. The zero-order valence-corrected chi connectivity index (χ0v) is 23.2. The van der Waals surface area contributed by atoms with E-state index in [4.69, 9.17) is 4.74 Å². The van der Waals surface area contributed by atoms with E-state index in [2.05, 4.69) is 0 Å². The predicted octanol–water partition coefficient (Wildman–Crippen LogP) is 3.45. The monoisotopic (exact) mass is 547 g/mol. The van der Waals surface area contributed by atoms with Gasteiger partial charge in [-0.3, -0.25) is 14.4 Å². The second-order valence-corrected chi connectivity index (χ2v) is 11.9. The molecule has 1 aliphatic carbocycles. The number of aliphatic hydroxyl groups is 1. The van der Waals surface area contributed by atoms with Gasteiger partial charge in [-0.2, -0.15) is 0 Å². The molecule has 3 amide bonds. The SMILES string of the molecule is O=C1[C@@H]2[C@H](C=CCN1c1ccccc1)O[C@]13C=CCN(C4CCCCC4)C(=O)C1N(CCCCCCO)C(=O)[C@H]23. The molecule has 1 saturated carbocycles. The summed E-state index contributed by atoms with van der Waals surface area (Å²) in [6.07, 6.45) is 15.8. The largest absolute Gasteiger partial charge is 0.396 e. The molecule has 8 heteroatoms. The molecule has 5 atom stereocenters. The summed E-state index contributed by atoms with van der Waals surface area (Å²) in [5, 5.41) is 9.18. The molecule has 5 aliphatic rings. The van der Waals surface area contributed by atoms with E-state index in [1.54, 1.807) is 9.80 Å². The van der Waals surface area contributed by atoms with Gasteiger partial charge in [0.15, 0.2) is 0 Å². The Bertz CT molecular complexity index is 1160. The van der Waals surface area contributed by atoms with Crippen LogP contribution in [0.4, 0.5) is 5.69 Å². The van der Waals surface area contributed by atoms with Crippen LogP contribution in [0.25, 0.3) is 0 Å². The molecule has 2 saturated heterocycles. The molecule has 0 aromatic heterocycles. The lowest BCUT2D eigenvalue weighted by Gasteiger charge is -2.39. The Morgan fingerprint density at radius 3 is 2.42 bits per heavy atom. The Labute approximate surface area is 236 Å². The lowest BCUT2D eigenvalue weighted by atomic mass is 9.77. The minimum atomic E-state index is -1.17. The number of likely N-dealkylation sites (tertiary alicyclic amines) is 1. The number of nitrogens with zero attached hydrogens (tertiary/aromatic N) is 3. The number of hydrogen-bond acceptors (Lipinski definition) is 5. The highest BCUT2D eigenvalue weighted by Crippen LogP contribution is 2.54. The molecule has 4 heterocycles. The van der Waals surface area contributed by atoms with Gasteiger partial charge in [-0.15, -0.1) is 0 Å². The first kappa shape index (κ1) is 27.2. The molecule has 3 fully saturated rings. The first-order valence-electron chi connectivity index (χ1n) is 15.2. The minimum absolute atomic E-state index is 0.0455. The second-order valence-electron chi connectivity index (χ2n) is 11.9. The number of rotatable bonds is 8. The first-order chi connectivity index (χ1) is 19.6. The summed E-state index contributed by atoms with van der Waals surface area (Å²) in [6.45, 7) is 1.51. The fourth-order valence-electron chi connectivity index (χ4n) is 7.70. The minimum Gasteiger partial charge on any atom is -0.396 e. The summed E-state index contributed by atoms with van der Waals surface area (Å²) in [5.41, 5.74) is -0.380. The van der Waals surface area contributed by atoms with Gasteiger partial charge in [-0.05, 0) is 37.8 Å². The lowest BCUT2D eigenvalue weighted by molar-refractivity contribution is -0.149. The van der Waals surface area contributed by atoms with Crippen LogP contribution in [0, 0.1) is 11.8 Å². The van der Waals surface area contributed by atoms with E-state index in [0.717, 1.165) is 57.1 Å². The third-order valence-electron chi connectivity index (χ3n) is 9.58. The maximum absolute atomic E-state index is 14.5. The summed E-state index contributed by atoms with van der Waals surface area (Å²) < 4.78 is 6.78. The molecule has 1 N–H and O–H groups in total. The molecular weight excluding hydrogens is 506 g/mol. The van der Waals surface area contributed by atoms with E-state index < -0.39 is 29.6 Å². The van der Waals surface area contributed by atoms with E-state index in [9.17, 15) is 19.5 Å². The standard InChI is InChI=1S/C32H41N3O5/c36-22-10-2-1-9-19-35-28-31(39)34(24-15-7-4-8-16-24)21-12-18-32(28)27(30(35)38)26-25(40-32)17-11-20-33(29(26)37)23-13-5-3-6-14-23/h3,5-6,11-14,17-18,24-28,36H,1-2,4,7-10,15-16,19-22H2/t25-,26+,27-,28?,32-/m0/s1. The van der Waals surface area contributed by atoms with Gasteiger partial charge < -0.3 is 24.5 Å². The summed E-state index contributed by atoms with van der Waals surface area (Å²) >= 11 is 0. The number of unbranched alkanes of at least 4 members (excludes halogenated alkanes) is 3. The maximum Gasteiger partial charge on any atom is 0.249 e. The maximum atomic E-state index is 14.5. The Kier molecular flexibility index (Phi) is 7.82. The van der Waals surface area contributed by atoms with Crippen molar-refractivity contribution in [2.45, 2.75) is 81.6 Å². The van der Waals surface area contributed by atoms with Gasteiger partial charge in [0, 0.05) is 38.0 Å². The molecular formula is C32H41N3O5. The average molecular weight is 548 g/mol. The smallest absolute Gasteiger partial charge is 0.249 e. The second kappa shape index (κ2) is 11.5. The summed E-state index contributed by atoms with van der Waals surface area (Å²) in [6, 6.07) is 8.94. The Morgan fingerprint density at radius 2 is 1.65 bits per heavy atom. The van der Waals surface area contributed by atoms with Crippen LogP contribution in [0.2, 0.25) is 0 Å². The molecule has 0 bridgehead atoms. The van der Waals surface area contributed by atoms with E-state index in [0.29, 0.717) is 19.6 Å². The third kappa shape index (κ3) is 4.59. The van der Waals surface area contributed by atoms with Gasteiger partial charge in [0.05, 0.1) is 17.9 Å². The first-order valence-corrected chi connectivity index (χ1v) is 15.2. The van der Waals surface area contributed by atoms with Crippen molar-refractivity contribution in [2.24, 2.45) is 11.8 Å². The van der Waals surface area contributed by atoms with Crippen LogP contribution in [-0.2, 0) is 19.1 Å². The fourth-order valence-corrected chi connectivity index (χ4v) is 7.70. The molecule has 6 rings (SSSR count). The molecule has 8 nitrogen and oxygen atoms in total. The van der Waals surface area contributed by atoms with Gasteiger partial charge >= 0.3 is 0 Å². The van der Waals surface area contributed by atoms with E-state index >= 15 is 0 Å². The molecule has 0 radical (unpaired) electrons. The molecule has 214 valence electrons. The summed E-state index contributed by atoms with van der Waals surface area (Å²) in [7, 11) is 0. The normalized spacial score (nSPS) is 32.2. The van der Waals surface area contributed by atoms with Gasteiger partial charge in [0.2, 0.25) is 17.7 Å². The molecule has 1 unspecified atom stereocenters. The van der Waals surface area contributed by atoms with Crippen molar-refractivity contribution in [3.8, 4) is 0 Å². The van der Waals surface area contributed by atoms with Crippen LogP contribution in [0.1, 0.15) is 57.8 Å². The topological polar surface area (TPSA) is 90.4 Å². The molecule has 4 aliphatic heterocycles.